The molecule has 3 amide bonds. The third-order valence-corrected chi connectivity index (χ3v) is 1.43. The first-order chi connectivity index (χ1) is 5.63. The molecule has 0 spiro atoms. The minimum Gasteiger partial charge on any atom is -0.338 e. The Morgan fingerprint density at radius 2 is 2.17 bits per heavy atom. The van der Waals surface area contributed by atoms with Crippen LogP contribution in [0.4, 0.5) is 4.79 Å². The largest absolute Gasteiger partial charge is 0.338 e. The lowest BCUT2D eigenvalue weighted by molar-refractivity contribution is -0.116. The van der Waals surface area contributed by atoms with E-state index < -0.39 is 0 Å². The Kier molecular flexibility index (Phi) is 5.08. The maximum atomic E-state index is 11.2. The molecule has 0 aromatic heterocycles. The van der Waals surface area contributed by atoms with Crippen molar-refractivity contribution in [2.75, 3.05) is 6.54 Å². The summed E-state index contributed by atoms with van der Waals surface area (Å²) in [5.74, 6) is 0. The maximum Gasteiger partial charge on any atom is 0.324 e. The molecule has 0 aliphatic carbocycles. The van der Waals surface area contributed by atoms with Gasteiger partial charge in [-0.3, -0.25) is 9.69 Å². The van der Waals surface area contributed by atoms with Gasteiger partial charge in [-0.15, -0.1) is 0 Å². The van der Waals surface area contributed by atoms with Gasteiger partial charge in [0.05, 0.1) is 0 Å². The fourth-order valence-electron chi connectivity index (χ4n) is 0.727. The summed E-state index contributed by atoms with van der Waals surface area (Å²) in [5, 5.41) is 2.62. The van der Waals surface area contributed by atoms with Crippen molar-refractivity contribution in [2.24, 2.45) is 0 Å². The lowest BCUT2D eigenvalue weighted by Crippen LogP contribution is -2.43. The van der Waals surface area contributed by atoms with Crippen LogP contribution in [0.15, 0.2) is 0 Å². The standard InChI is InChI=1S/C8H16N2O2/c1-4-5-9-8(12)10(6-11)7(2)3/h6-7H,4-5H2,1-3H3,(H,9,12). The van der Waals surface area contributed by atoms with Gasteiger partial charge in [0.1, 0.15) is 0 Å². The fourth-order valence-corrected chi connectivity index (χ4v) is 0.727. The van der Waals surface area contributed by atoms with E-state index in [4.69, 9.17) is 0 Å². The van der Waals surface area contributed by atoms with Crippen molar-refractivity contribution in [1.29, 1.82) is 0 Å². The SMILES string of the molecule is CCCNC(=O)N(C=O)C(C)C. The predicted molar refractivity (Wildman–Crippen MR) is 46.7 cm³/mol. The summed E-state index contributed by atoms with van der Waals surface area (Å²) in [7, 11) is 0. The highest BCUT2D eigenvalue weighted by Crippen LogP contribution is 1.93. The van der Waals surface area contributed by atoms with Crippen molar-refractivity contribution < 1.29 is 9.59 Å². The van der Waals surface area contributed by atoms with Gasteiger partial charge in [0.25, 0.3) is 0 Å². The van der Waals surface area contributed by atoms with Gasteiger partial charge in [-0.25, -0.2) is 4.79 Å². The van der Waals surface area contributed by atoms with Crippen LogP contribution >= 0.6 is 0 Å². The molecule has 0 aromatic rings. The number of nitrogens with one attached hydrogen (secondary N) is 1. The number of imide groups is 1. The molecule has 0 aliphatic heterocycles. The van der Waals surface area contributed by atoms with Crippen LogP contribution in [0.25, 0.3) is 0 Å². The van der Waals surface area contributed by atoms with Crippen molar-refractivity contribution in [3.05, 3.63) is 0 Å². The summed E-state index contributed by atoms with van der Waals surface area (Å²) in [6.07, 6.45) is 1.42. The molecular formula is C8H16N2O2. The van der Waals surface area contributed by atoms with Gasteiger partial charge in [-0.2, -0.15) is 0 Å². The van der Waals surface area contributed by atoms with Gasteiger partial charge in [0.2, 0.25) is 6.41 Å². The van der Waals surface area contributed by atoms with Gasteiger partial charge in [-0.1, -0.05) is 6.92 Å². The molecule has 0 saturated carbocycles. The number of hydrogen-bond acceptors (Lipinski definition) is 2. The molecule has 4 nitrogen and oxygen atoms in total. The fraction of sp³-hybridized carbons (Fsp3) is 0.750. The van der Waals surface area contributed by atoms with Crippen molar-refractivity contribution in [2.45, 2.75) is 33.2 Å². The predicted octanol–water partition coefficient (Wildman–Crippen LogP) is 0.973. The van der Waals surface area contributed by atoms with E-state index in [1.165, 1.54) is 0 Å². The van der Waals surface area contributed by atoms with E-state index in [9.17, 15) is 9.59 Å². The van der Waals surface area contributed by atoms with Crippen molar-refractivity contribution in [1.82, 2.24) is 10.2 Å². The molecule has 70 valence electrons. The second kappa shape index (κ2) is 5.57. The molecule has 0 aliphatic rings. The minimum atomic E-state index is -0.318. The summed E-state index contributed by atoms with van der Waals surface area (Å²) < 4.78 is 0. The zero-order valence-corrected chi connectivity index (χ0v) is 7.83. The van der Waals surface area contributed by atoms with Crippen LogP contribution in [0, 0.1) is 0 Å². The van der Waals surface area contributed by atoms with Gasteiger partial charge < -0.3 is 5.32 Å². The lowest BCUT2D eigenvalue weighted by Gasteiger charge is -2.19. The number of urea groups is 1. The highest BCUT2D eigenvalue weighted by atomic mass is 16.2. The average molecular weight is 172 g/mol. The van der Waals surface area contributed by atoms with Crippen LogP contribution < -0.4 is 5.32 Å². The summed E-state index contributed by atoms with van der Waals surface area (Å²) in [6.45, 7) is 6.15. The molecule has 4 heteroatoms. The number of rotatable bonds is 4. The normalized spacial score (nSPS) is 9.67. The van der Waals surface area contributed by atoms with Crippen LogP contribution in [-0.2, 0) is 4.79 Å². The van der Waals surface area contributed by atoms with Crippen molar-refractivity contribution in [3.8, 4) is 0 Å². The van der Waals surface area contributed by atoms with E-state index >= 15 is 0 Å². The summed E-state index contributed by atoms with van der Waals surface area (Å²) in [4.78, 5) is 22.7. The highest BCUT2D eigenvalue weighted by molar-refractivity contribution is 5.84. The monoisotopic (exact) mass is 172 g/mol. The van der Waals surface area contributed by atoms with Crippen LogP contribution in [0.2, 0.25) is 0 Å². The molecule has 0 unspecified atom stereocenters. The second-order valence-electron chi connectivity index (χ2n) is 2.84. The van der Waals surface area contributed by atoms with E-state index in [0.29, 0.717) is 13.0 Å². The van der Waals surface area contributed by atoms with E-state index in [1.54, 1.807) is 13.8 Å². The number of amides is 3. The van der Waals surface area contributed by atoms with E-state index in [-0.39, 0.29) is 12.1 Å². The first-order valence-electron chi connectivity index (χ1n) is 4.15. The molecule has 0 saturated heterocycles. The quantitative estimate of drug-likeness (QED) is 0.642. The molecule has 1 N–H and O–H groups in total. The average Bonchev–Trinajstić information content (AvgIpc) is 2.01. The highest BCUT2D eigenvalue weighted by Gasteiger charge is 2.14. The van der Waals surface area contributed by atoms with E-state index in [1.807, 2.05) is 6.92 Å². The number of carbonyl (C=O) groups is 2. The van der Waals surface area contributed by atoms with E-state index in [0.717, 1.165) is 11.3 Å². The zero-order valence-electron chi connectivity index (χ0n) is 7.83. The molecule has 0 fully saturated rings. The van der Waals surface area contributed by atoms with Crippen LogP contribution in [0.3, 0.4) is 0 Å². The van der Waals surface area contributed by atoms with Gasteiger partial charge in [-0.05, 0) is 20.3 Å². The molecule has 12 heavy (non-hydrogen) atoms. The molecule has 0 heterocycles. The molecule has 0 radical (unpaired) electrons. The number of nitrogens with zero attached hydrogens (tertiary/aromatic N) is 1. The number of carbonyl (C=O) groups excluding carboxylic acids is 2. The Bertz CT molecular complexity index is 157. The summed E-state index contributed by atoms with van der Waals surface area (Å²) in [6, 6.07) is -0.402. The molecule has 0 aromatic carbocycles. The van der Waals surface area contributed by atoms with Gasteiger partial charge in [0, 0.05) is 12.6 Å². The Hall–Kier alpha value is -1.06. The molecule has 0 atom stereocenters. The summed E-state index contributed by atoms with van der Waals surface area (Å²) >= 11 is 0. The minimum absolute atomic E-state index is 0.0839. The van der Waals surface area contributed by atoms with Crippen LogP contribution in [0.5, 0.6) is 0 Å². The Balaban J connectivity index is 3.94. The first kappa shape index (κ1) is 10.9. The first-order valence-corrected chi connectivity index (χ1v) is 4.15. The third-order valence-electron chi connectivity index (χ3n) is 1.43. The molecule has 0 rings (SSSR count). The Morgan fingerprint density at radius 3 is 2.50 bits per heavy atom. The zero-order chi connectivity index (χ0) is 9.56. The Labute approximate surface area is 72.9 Å². The molecule has 0 bridgehead atoms. The van der Waals surface area contributed by atoms with Crippen LogP contribution in [-0.4, -0.2) is 29.9 Å². The third kappa shape index (κ3) is 3.37. The second-order valence-corrected chi connectivity index (χ2v) is 2.84. The van der Waals surface area contributed by atoms with Crippen LogP contribution in [0.1, 0.15) is 27.2 Å². The van der Waals surface area contributed by atoms with Gasteiger partial charge >= 0.3 is 6.03 Å². The van der Waals surface area contributed by atoms with Crippen molar-refractivity contribution >= 4 is 12.4 Å². The Morgan fingerprint density at radius 1 is 1.58 bits per heavy atom. The van der Waals surface area contributed by atoms with E-state index in [2.05, 4.69) is 5.32 Å². The smallest absolute Gasteiger partial charge is 0.324 e. The van der Waals surface area contributed by atoms with Crippen molar-refractivity contribution in [3.63, 3.8) is 0 Å². The topological polar surface area (TPSA) is 49.4 Å². The lowest BCUT2D eigenvalue weighted by atomic mass is 10.3. The molecular weight excluding hydrogens is 156 g/mol. The number of hydrogen-bond donors (Lipinski definition) is 1. The summed E-state index contributed by atoms with van der Waals surface area (Å²) in [5.41, 5.74) is 0. The van der Waals surface area contributed by atoms with Gasteiger partial charge in [0.15, 0.2) is 0 Å². The maximum absolute atomic E-state index is 11.2.